The molecule has 0 aromatic carbocycles. The molecule has 0 unspecified atom stereocenters. The number of halogens is 1. The second kappa shape index (κ2) is 2.62. The Bertz CT molecular complexity index is 346. The maximum absolute atomic E-state index is 6.11. The van der Waals surface area contributed by atoms with Crippen molar-refractivity contribution in [1.82, 2.24) is 0 Å². The van der Waals surface area contributed by atoms with Crippen LogP contribution in [0.15, 0.2) is 47.6 Å². The van der Waals surface area contributed by atoms with Crippen LogP contribution in [0.4, 0.5) is 0 Å². The second-order valence-corrected chi connectivity index (χ2v) is 4.40. The van der Waals surface area contributed by atoms with Crippen LogP contribution in [0, 0.1) is 23.7 Å². The second-order valence-electron chi connectivity index (χ2n) is 3.96. The van der Waals surface area contributed by atoms with Gasteiger partial charge in [-0.2, -0.15) is 0 Å². The highest BCUT2D eigenvalue weighted by Crippen LogP contribution is 2.50. The van der Waals surface area contributed by atoms with Crippen molar-refractivity contribution in [3.63, 3.8) is 0 Å². The highest BCUT2D eigenvalue weighted by molar-refractivity contribution is 6.30. The molecule has 0 saturated carbocycles. The van der Waals surface area contributed by atoms with Crippen LogP contribution in [0.25, 0.3) is 0 Å². The molecule has 3 rings (SSSR count). The molecule has 0 nitrogen and oxygen atoms in total. The Morgan fingerprint density at radius 2 is 1.62 bits per heavy atom. The van der Waals surface area contributed by atoms with E-state index in [9.17, 15) is 0 Å². The lowest BCUT2D eigenvalue weighted by Gasteiger charge is -2.43. The normalized spacial score (nSPS) is 47.3. The Morgan fingerprint density at radius 1 is 0.923 bits per heavy atom. The van der Waals surface area contributed by atoms with Crippen molar-refractivity contribution >= 4 is 11.6 Å². The molecule has 0 radical (unpaired) electrons. The smallest absolute Gasteiger partial charge is 0.0190 e. The molecule has 13 heavy (non-hydrogen) atoms. The average Bonchev–Trinajstić information content (AvgIpc) is 2.06. The van der Waals surface area contributed by atoms with Crippen LogP contribution in [-0.4, -0.2) is 0 Å². The lowest BCUT2D eigenvalue weighted by molar-refractivity contribution is 0.304. The number of hydrogen-bond acceptors (Lipinski definition) is 0. The van der Waals surface area contributed by atoms with E-state index >= 15 is 0 Å². The first-order chi connectivity index (χ1) is 6.36. The van der Waals surface area contributed by atoms with Gasteiger partial charge in [0.25, 0.3) is 0 Å². The van der Waals surface area contributed by atoms with E-state index in [0.717, 1.165) is 5.03 Å². The Hall–Kier alpha value is -0.750. The first-order valence-electron chi connectivity index (χ1n) is 4.77. The van der Waals surface area contributed by atoms with Gasteiger partial charge in [0.2, 0.25) is 0 Å². The molecule has 0 saturated heterocycles. The molecule has 0 heterocycles. The fourth-order valence-electron chi connectivity index (χ4n) is 2.52. The standard InChI is InChI=1S/C12H11Cl/c13-11-7-10-8-3-1-2-4-9(6-5-8)12(10)11/h1-10,12H/b3-1+,4-2?/t8-,9+,10+,12+/m0/s1. The van der Waals surface area contributed by atoms with Crippen LogP contribution in [0.3, 0.4) is 0 Å². The Labute approximate surface area is 83.3 Å². The molecule has 1 heteroatoms. The molecule has 0 N–H and O–H groups in total. The van der Waals surface area contributed by atoms with Crippen LogP contribution in [0.1, 0.15) is 0 Å². The molecule has 4 atom stereocenters. The van der Waals surface area contributed by atoms with Crippen LogP contribution in [-0.2, 0) is 0 Å². The Balaban J connectivity index is 2.08. The van der Waals surface area contributed by atoms with Crippen LogP contribution in [0.5, 0.6) is 0 Å². The average molecular weight is 191 g/mol. The minimum atomic E-state index is 0.531. The summed E-state index contributed by atoms with van der Waals surface area (Å²) in [6.45, 7) is 0. The van der Waals surface area contributed by atoms with Gasteiger partial charge in [0.05, 0.1) is 0 Å². The first kappa shape index (κ1) is 7.64. The summed E-state index contributed by atoms with van der Waals surface area (Å²) < 4.78 is 0. The lowest BCUT2D eigenvalue weighted by Crippen LogP contribution is -2.36. The van der Waals surface area contributed by atoms with Crippen molar-refractivity contribution in [1.29, 1.82) is 0 Å². The molecule has 66 valence electrons. The Kier molecular flexibility index (Phi) is 1.54. The summed E-state index contributed by atoms with van der Waals surface area (Å²) in [7, 11) is 0. The monoisotopic (exact) mass is 190 g/mol. The summed E-state index contributed by atoms with van der Waals surface area (Å²) in [4.78, 5) is 0. The zero-order chi connectivity index (χ0) is 8.84. The van der Waals surface area contributed by atoms with Gasteiger partial charge in [0.15, 0.2) is 0 Å². The van der Waals surface area contributed by atoms with Gasteiger partial charge in [-0.05, 0) is 5.92 Å². The third kappa shape index (κ3) is 0.986. The summed E-state index contributed by atoms with van der Waals surface area (Å²) in [5.74, 6) is 2.33. The molecule has 3 aliphatic carbocycles. The fourth-order valence-corrected chi connectivity index (χ4v) is 2.96. The zero-order valence-corrected chi connectivity index (χ0v) is 7.98. The number of allylic oxidation sites excluding steroid dienone is 8. The number of rotatable bonds is 0. The van der Waals surface area contributed by atoms with Crippen molar-refractivity contribution in [2.45, 2.75) is 0 Å². The predicted octanol–water partition coefficient (Wildman–Crippen LogP) is 3.28. The molecule has 0 aromatic heterocycles. The molecule has 0 aromatic rings. The summed E-state index contributed by atoms with van der Waals surface area (Å²) in [5, 5.41) is 1.06. The minimum absolute atomic E-state index is 0.531. The van der Waals surface area contributed by atoms with Gasteiger partial charge in [0.1, 0.15) is 0 Å². The molecule has 2 bridgehead atoms. The molecule has 0 spiro atoms. The molecule has 0 aliphatic heterocycles. The largest absolute Gasteiger partial charge is 0.0891 e. The van der Waals surface area contributed by atoms with E-state index in [1.54, 1.807) is 0 Å². The van der Waals surface area contributed by atoms with E-state index in [-0.39, 0.29) is 0 Å². The van der Waals surface area contributed by atoms with Crippen LogP contribution >= 0.6 is 11.6 Å². The highest BCUT2D eigenvalue weighted by atomic mass is 35.5. The van der Waals surface area contributed by atoms with Crippen molar-refractivity contribution < 1.29 is 0 Å². The summed E-state index contributed by atoms with van der Waals surface area (Å²) in [5.41, 5.74) is 0. The van der Waals surface area contributed by atoms with E-state index in [1.165, 1.54) is 0 Å². The van der Waals surface area contributed by atoms with Gasteiger partial charge in [-0.1, -0.05) is 54.1 Å². The predicted molar refractivity (Wildman–Crippen MR) is 55.3 cm³/mol. The van der Waals surface area contributed by atoms with Crippen LogP contribution < -0.4 is 0 Å². The van der Waals surface area contributed by atoms with Gasteiger partial charge >= 0.3 is 0 Å². The van der Waals surface area contributed by atoms with Gasteiger partial charge in [-0.15, -0.1) is 0 Å². The molecule has 3 aliphatic rings. The van der Waals surface area contributed by atoms with Gasteiger partial charge < -0.3 is 0 Å². The van der Waals surface area contributed by atoms with Gasteiger partial charge in [0, 0.05) is 22.8 Å². The molecule has 0 fully saturated rings. The summed E-state index contributed by atoms with van der Waals surface area (Å²) in [6.07, 6.45) is 15.6. The third-order valence-electron chi connectivity index (χ3n) is 3.28. The maximum atomic E-state index is 6.11. The SMILES string of the molecule is ClC1=C[C@H]2[C@H]1[C@@H]1C=C/C=C/[C@H]2C=C1. The molecular weight excluding hydrogens is 180 g/mol. The molecular formula is C12H11Cl. The van der Waals surface area contributed by atoms with Gasteiger partial charge in [-0.3, -0.25) is 0 Å². The van der Waals surface area contributed by atoms with Crippen molar-refractivity contribution in [2.24, 2.45) is 23.7 Å². The van der Waals surface area contributed by atoms with E-state index < -0.39 is 0 Å². The summed E-state index contributed by atoms with van der Waals surface area (Å²) in [6, 6.07) is 0. The minimum Gasteiger partial charge on any atom is -0.0891 e. The van der Waals surface area contributed by atoms with E-state index in [2.05, 4.69) is 42.5 Å². The summed E-state index contributed by atoms with van der Waals surface area (Å²) >= 11 is 6.11. The van der Waals surface area contributed by atoms with E-state index in [0.29, 0.717) is 23.7 Å². The fraction of sp³-hybridized carbons (Fsp3) is 0.333. The van der Waals surface area contributed by atoms with Gasteiger partial charge in [-0.25, -0.2) is 0 Å². The first-order valence-corrected chi connectivity index (χ1v) is 5.14. The quantitative estimate of drug-likeness (QED) is 0.515. The number of hydrogen-bond donors (Lipinski definition) is 0. The molecule has 0 amide bonds. The zero-order valence-electron chi connectivity index (χ0n) is 7.23. The van der Waals surface area contributed by atoms with Crippen molar-refractivity contribution in [2.75, 3.05) is 0 Å². The topological polar surface area (TPSA) is 0 Å². The van der Waals surface area contributed by atoms with E-state index in [1.807, 2.05) is 0 Å². The van der Waals surface area contributed by atoms with Crippen molar-refractivity contribution in [3.05, 3.63) is 47.6 Å². The Morgan fingerprint density at radius 3 is 2.38 bits per heavy atom. The van der Waals surface area contributed by atoms with Crippen LogP contribution in [0.2, 0.25) is 0 Å². The highest BCUT2D eigenvalue weighted by Gasteiger charge is 2.41. The van der Waals surface area contributed by atoms with Crippen molar-refractivity contribution in [3.8, 4) is 0 Å². The lowest BCUT2D eigenvalue weighted by atomic mass is 9.63. The maximum Gasteiger partial charge on any atom is 0.0190 e. The van der Waals surface area contributed by atoms with E-state index in [4.69, 9.17) is 11.6 Å². The third-order valence-corrected chi connectivity index (χ3v) is 3.66.